The van der Waals surface area contributed by atoms with Crippen molar-refractivity contribution in [3.8, 4) is 0 Å². The zero-order chi connectivity index (χ0) is 31.7. The van der Waals surface area contributed by atoms with Crippen LogP contribution in [0.25, 0.3) is 0 Å². The van der Waals surface area contributed by atoms with Gasteiger partial charge in [0.05, 0.1) is 6.61 Å². The Morgan fingerprint density at radius 3 is 2.00 bits per heavy atom. The Kier molecular flexibility index (Phi) is 12.1. The normalized spacial score (nSPS) is 13.7. The molecule has 10 nitrogen and oxygen atoms in total. The summed E-state index contributed by atoms with van der Waals surface area (Å²) in [5.41, 5.74) is 0.550. The van der Waals surface area contributed by atoms with Crippen molar-refractivity contribution in [1.29, 1.82) is 0 Å². The summed E-state index contributed by atoms with van der Waals surface area (Å²) < 4.78 is 10.9. The summed E-state index contributed by atoms with van der Waals surface area (Å²) in [6.07, 6.45) is -0.711. The molecule has 0 radical (unpaired) electrons. The molecule has 0 fully saturated rings. The number of aryl methyl sites for hydroxylation is 1. The van der Waals surface area contributed by atoms with Gasteiger partial charge in [0.15, 0.2) is 0 Å². The van der Waals surface area contributed by atoms with E-state index in [4.69, 9.17) is 9.47 Å². The van der Waals surface area contributed by atoms with Crippen LogP contribution in [-0.4, -0.2) is 70.3 Å². The first-order valence-corrected chi connectivity index (χ1v) is 14.1. The van der Waals surface area contributed by atoms with Crippen molar-refractivity contribution >= 4 is 23.9 Å². The molecular weight excluding hydrogens is 538 g/mol. The van der Waals surface area contributed by atoms with Crippen LogP contribution >= 0.6 is 0 Å². The van der Waals surface area contributed by atoms with Crippen LogP contribution in [0.15, 0.2) is 54.6 Å². The number of ether oxygens (including phenoxy) is 2. The van der Waals surface area contributed by atoms with Crippen LogP contribution in [0.2, 0.25) is 0 Å². The first kappa shape index (κ1) is 34.3. The van der Waals surface area contributed by atoms with Gasteiger partial charge in [0, 0.05) is 13.0 Å². The number of carbonyl (C=O) groups excluding carboxylic acids is 4. The van der Waals surface area contributed by atoms with E-state index in [1.807, 2.05) is 43.3 Å². The van der Waals surface area contributed by atoms with Crippen LogP contribution < -0.4 is 10.6 Å². The van der Waals surface area contributed by atoms with Crippen LogP contribution in [0, 0.1) is 6.92 Å². The molecule has 0 aliphatic heterocycles. The Balaban J connectivity index is 2.47. The predicted molar refractivity (Wildman–Crippen MR) is 159 cm³/mol. The molecule has 10 heteroatoms. The summed E-state index contributed by atoms with van der Waals surface area (Å²) >= 11 is 0. The van der Waals surface area contributed by atoms with Gasteiger partial charge in [-0.3, -0.25) is 9.59 Å². The lowest BCUT2D eigenvalue weighted by atomic mass is 9.99. The Bertz CT molecular complexity index is 1220. The Morgan fingerprint density at radius 1 is 0.857 bits per heavy atom. The molecule has 42 heavy (non-hydrogen) atoms. The molecule has 0 saturated carbocycles. The summed E-state index contributed by atoms with van der Waals surface area (Å²) in [5.74, 6) is -1.92. The van der Waals surface area contributed by atoms with E-state index in [1.54, 1.807) is 66.7 Å². The van der Waals surface area contributed by atoms with Crippen molar-refractivity contribution in [2.75, 3.05) is 13.2 Å². The van der Waals surface area contributed by atoms with Crippen LogP contribution in [0.4, 0.5) is 4.79 Å². The number of hydrogen-bond donors (Lipinski definition) is 3. The molecule has 0 spiro atoms. The molecule has 3 atom stereocenters. The van der Waals surface area contributed by atoms with Crippen LogP contribution in [0.3, 0.4) is 0 Å². The summed E-state index contributed by atoms with van der Waals surface area (Å²) in [5, 5.41) is 15.3. The van der Waals surface area contributed by atoms with Crippen molar-refractivity contribution in [1.82, 2.24) is 15.5 Å². The molecule has 2 rings (SSSR count). The van der Waals surface area contributed by atoms with Crippen molar-refractivity contribution in [2.24, 2.45) is 0 Å². The lowest BCUT2D eigenvalue weighted by Gasteiger charge is -2.34. The number of aliphatic hydroxyl groups excluding tert-OH is 1. The number of alkyl carbamates (subject to hydrolysis) is 1. The number of hydrogen-bond acceptors (Lipinski definition) is 7. The van der Waals surface area contributed by atoms with E-state index in [0.717, 1.165) is 11.1 Å². The van der Waals surface area contributed by atoms with Crippen molar-refractivity contribution in [3.63, 3.8) is 0 Å². The van der Waals surface area contributed by atoms with E-state index in [2.05, 4.69) is 10.6 Å². The zero-order valence-corrected chi connectivity index (χ0v) is 25.9. The minimum absolute atomic E-state index is 0.0626. The molecule has 3 amide bonds. The second kappa shape index (κ2) is 14.8. The fourth-order valence-electron chi connectivity index (χ4n) is 4.28. The Morgan fingerprint density at radius 2 is 1.48 bits per heavy atom. The molecule has 230 valence electrons. The molecule has 0 aromatic heterocycles. The maximum Gasteiger partial charge on any atom is 0.408 e. The predicted octanol–water partition coefficient (Wildman–Crippen LogP) is 3.84. The maximum absolute atomic E-state index is 14.1. The van der Waals surface area contributed by atoms with Gasteiger partial charge in [-0.05, 0) is 66.5 Å². The number of amides is 3. The van der Waals surface area contributed by atoms with E-state index in [-0.39, 0.29) is 13.0 Å². The fraction of sp³-hybridized carbons (Fsp3) is 0.500. The van der Waals surface area contributed by atoms with Gasteiger partial charge < -0.3 is 30.1 Å². The van der Waals surface area contributed by atoms with E-state index in [1.165, 1.54) is 4.90 Å². The number of carbonyl (C=O) groups is 4. The second-order valence-electron chi connectivity index (χ2n) is 12.1. The summed E-state index contributed by atoms with van der Waals surface area (Å²) in [6.45, 7) is 13.1. The average molecular weight is 584 g/mol. The summed E-state index contributed by atoms with van der Waals surface area (Å²) in [6, 6.07) is 12.7. The number of esters is 1. The molecular formula is C32H45N3O7. The van der Waals surface area contributed by atoms with Gasteiger partial charge in [0.2, 0.25) is 11.8 Å². The van der Waals surface area contributed by atoms with Crippen LogP contribution in [-0.2, 0) is 30.3 Å². The first-order valence-electron chi connectivity index (χ1n) is 14.1. The Labute approximate surface area is 248 Å². The molecule has 0 heterocycles. The molecule has 0 bridgehead atoms. The standard InChI is InChI=1S/C32H45N3O7/c1-9-35(28(38)25(20-36)34-30(40)42-32(6,7)8)26(23-17-13-14-21(2)18-23)27(37)33-24(29(39)41-31(3,4)5)19-22-15-11-10-12-16-22/h10-18,24-26,36H,9,19-20H2,1-8H3,(H,33,37)(H,34,40). The van der Waals surface area contributed by atoms with E-state index < -0.39 is 59.8 Å². The van der Waals surface area contributed by atoms with Gasteiger partial charge in [-0.1, -0.05) is 60.2 Å². The van der Waals surface area contributed by atoms with E-state index in [0.29, 0.717) is 5.56 Å². The highest BCUT2D eigenvalue weighted by Crippen LogP contribution is 2.24. The summed E-state index contributed by atoms with van der Waals surface area (Å²) in [7, 11) is 0. The second-order valence-corrected chi connectivity index (χ2v) is 12.1. The number of nitrogens with zero attached hydrogens (tertiary/aromatic N) is 1. The lowest BCUT2D eigenvalue weighted by Crippen LogP contribution is -2.55. The highest BCUT2D eigenvalue weighted by molar-refractivity contribution is 5.94. The topological polar surface area (TPSA) is 134 Å². The third kappa shape index (κ3) is 10.8. The third-order valence-corrected chi connectivity index (χ3v) is 6.00. The SMILES string of the molecule is CCN(C(=O)C(CO)NC(=O)OC(C)(C)C)C(C(=O)NC(Cc1ccccc1)C(=O)OC(C)(C)C)c1cccc(C)c1. The van der Waals surface area contributed by atoms with Gasteiger partial charge in [-0.2, -0.15) is 0 Å². The highest BCUT2D eigenvalue weighted by Gasteiger charge is 2.37. The number of nitrogens with one attached hydrogen (secondary N) is 2. The van der Waals surface area contributed by atoms with Gasteiger partial charge in [0.25, 0.3) is 0 Å². The van der Waals surface area contributed by atoms with Crippen molar-refractivity contribution < 1.29 is 33.8 Å². The minimum atomic E-state index is -1.37. The van der Waals surface area contributed by atoms with Gasteiger partial charge >= 0.3 is 12.1 Å². The quantitative estimate of drug-likeness (QED) is 0.342. The molecule has 0 aliphatic carbocycles. The average Bonchev–Trinajstić information content (AvgIpc) is 2.88. The number of rotatable bonds is 11. The van der Waals surface area contributed by atoms with Gasteiger partial charge in [-0.25, -0.2) is 9.59 Å². The largest absolute Gasteiger partial charge is 0.458 e. The molecule has 3 unspecified atom stereocenters. The molecule has 0 aliphatic rings. The monoisotopic (exact) mass is 583 g/mol. The molecule has 2 aromatic rings. The molecule has 3 N–H and O–H groups in total. The maximum atomic E-state index is 14.1. The molecule has 2 aromatic carbocycles. The number of likely N-dealkylation sites (N-methyl/N-ethyl adjacent to an activating group) is 1. The highest BCUT2D eigenvalue weighted by atomic mass is 16.6. The van der Waals surface area contributed by atoms with E-state index in [9.17, 15) is 24.3 Å². The smallest absolute Gasteiger partial charge is 0.408 e. The number of benzene rings is 2. The van der Waals surface area contributed by atoms with Crippen molar-refractivity contribution in [3.05, 3.63) is 71.3 Å². The lowest BCUT2D eigenvalue weighted by molar-refractivity contribution is -0.159. The van der Waals surface area contributed by atoms with E-state index >= 15 is 0 Å². The first-order chi connectivity index (χ1) is 19.5. The fourth-order valence-corrected chi connectivity index (χ4v) is 4.28. The summed E-state index contributed by atoms with van der Waals surface area (Å²) in [4.78, 5) is 54.7. The Hall–Kier alpha value is -3.92. The molecule has 0 saturated heterocycles. The minimum Gasteiger partial charge on any atom is -0.458 e. The zero-order valence-electron chi connectivity index (χ0n) is 25.9. The van der Waals surface area contributed by atoms with Gasteiger partial charge in [-0.15, -0.1) is 0 Å². The van der Waals surface area contributed by atoms with Crippen molar-refractivity contribution in [2.45, 2.75) is 91.1 Å². The van der Waals surface area contributed by atoms with Gasteiger partial charge in [0.1, 0.15) is 29.3 Å². The third-order valence-electron chi connectivity index (χ3n) is 6.00. The number of aliphatic hydroxyl groups is 1. The van der Waals surface area contributed by atoms with Crippen LogP contribution in [0.1, 0.15) is 71.2 Å². The van der Waals surface area contributed by atoms with Crippen LogP contribution in [0.5, 0.6) is 0 Å².